The molecule has 3 atom stereocenters. The van der Waals surface area contributed by atoms with E-state index in [0.717, 1.165) is 5.92 Å². The summed E-state index contributed by atoms with van der Waals surface area (Å²) in [4.78, 5) is 0. The van der Waals surface area contributed by atoms with Crippen molar-refractivity contribution in [2.45, 2.75) is 49.1 Å². The first-order valence-corrected chi connectivity index (χ1v) is 7.33. The SMILES string of the molecule is Cc1cc(C)c2c(c1)OC1CCCC2C1I. The van der Waals surface area contributed by atoms with E-state index in [9.17, 15) is 0 Å². The molecule has 0 aromatic heterocycles. The Kier molecular flexibility index (Phi) is 2.65. The first-order chi connectivity index (χ1) is 7.66. The molecule has 1 nitrogen and oxygen atoms in total. The summed E-state index contributed by atoms with van der Waals surface area (Å²) in [6.45, 7) is 4.38. The molecule has 3 rings (SSSR count). The molecule has 1 aliphatic carbocycles. The molecule has 1 aliphatic heterocycles. The van der Waals surface area contributed by atoms with E-state index in [0.29, 0.717) is 10.0 Å². The zero-order valence-electron chi connectivity index (χ0n) is 9.79. The van der Waals surface area contributed by atoms with Gasteiger partial charge in [-0.25, -0.2) is 0 Å². The predicted octanol–water partition coefficient (Wildman–Crippen LogP) is 4.14. The van der Waals surface area contributed by atoms with E-state index in [1.807, 2.05) is 0 Å². The van der Waals surface area contributed by atoms with E-state index in [1.54, 1.807) is 0 Å². The number of halogens is 1. The van der Waals surface area contributed by atoms with Crippen LogP contribution in [0.1, 0.15) is 41.9 Å². The summed E-state index contributed by atoms with van der Waals surface area (Å²) in [7, 11) is 0. The van der Waals surface area contributed by atoms with Crippen LogP contribution in [0.3, 0.4) is 0 Å². The average molecular weight is 328 g/mol. The van der Waals surface area contributed by atoms with E-state index < -0.39 is 0 Å². The van der Waals surface area contributed by atoms with Gasteiger partial charge in [-0.05, 0) is 50.3 Å². The van der Waals surface area contributed by atoms with Crippen molar-refractivity contribution in [1.29, 1.82) is 0 Å². The number of rotatable bonds is 0. The second-order valence-corrected chi connectivity index (χ2v) is 6.57. The van der Waals surface area contributed by atoms with Crippen LogP contribution >= 0.6 is 22.6 Å². The van der Waals surface area contributed by atoms with Crippen LogP contribution in [0.2, 0.25) is 0 Å². The Morgan fingerprint density at radius 3 is 2.88 bits per heavy atom. The minimum absolute atomic E-state index is 0.452. The lowest BCUT2D eigenvalue weighted by Gasteiger charge is -2.41. The van der Waals surface area contributed by atoms with E-state index in [-0.39, 0.29) is 0 Å². The van der Waals surface area contributed by atoms with Crippen LogP contribution in [-0.4, -0.2) is 10.0 Å². The van der Waals surface area contributed by atoms with Crippen molar-refractivity contribution in [2.24, 2.45) is 0 Å². The first-order valence-electron chi connectivity index (χ1n) is 6.08. The number of alkyl halides is 1. The number of aryl methyl sites for hydroxylation is 2. The number of benzene rings is 1. The van der Waals surface area contributed by atoms with Gasteiger partial charge in [0.25, 0.3) is 0 Å². The minimum atomic E-state index is 0.452. The van der Waals surface area contributed by atoms with Gasteiger partial charge in [0.05, 0.1) is 3.92 Å². The summed E-state index contributed by atoms with van der Waals surface area (Å²) in [5, 5.41) is 0. The fourth-order valence-corrected chi connectivity index (χ4v) is 4.45. The molecule has 86 valence electrons. The van der Waals surface area contributed by atoms with E-state index >= 15 is 0 Å². The summed E-state index contributed by atoms with van der Waals surface area (Å²) in [6, 6.07) is 4.51. The van der Waals surface area contributed by atoms with Gasteiger partial charge in [-0.3, -0.25) is 0 Å². The van der Waals surface area contributed by atoms with Gasteiger partial charge in [-0.2, -0.15) is 0 Å². The zero-order valence-corrected chi connectivity index (χ0v) is 12.0. The lowest BCUT2D eigenvalue weighted by atomic mass is 9.78. The molecule has 3 unspecified atom stereocenters. The van der Waals surface area contributed by atoms with Crippen LogP contribution in [-0.2, 0) is 0 Å². The summed E-state index contributed by atoms with van der Waals surface area (Å²) in [5.41, 5.74) is 4.23. The molecule has 1 fully saturated rings. The van der Waals surface area contributed by atoms with E-state index in [1.165, 1.54) is 41.7 Å². The molecule has 1 aromatic carbocycles. The highest BCUT2D eigenvalue weighted by atomic mass is 127. The molecule has 2 heteroatoms. The number of hydrogen-bond donors (Lipinski definition) is 0. The fraction of sp³-hybridized carbons (Fsp3) is 0.571. The molecule has 1 heterocycles. The first kappa shape index (κ1) is 10.9. The largest absolute Gasteiger partial charge is 0.489 e. The summed E-state index contributed by atoms with van der Waals surface area (Å²) < 4.78 is 6.84. The molecule has 0 saturated heterocycles. The second kappa shape index (κ2) is 3.90. The van der Waals surface area contributed by atoms with Crippen molar-refractivity contribution in [2.75, 3.05) is 0 Å². The van der Waals surface area contributed by atoms with E-state index in [2.05, 4.69) is 48.6 Å². The third-order valence-electron chi connectivity index (χ3n) is 3.89. The zero-order chi connectivity index (χ0) is 11.3. The van der Waals surface area contributed by atoms with Gasteiger partial charge in [0.15, 0.2) is 0 Å². The highest BCUT2D eigenvalue weighted by Gasteiger charge is 2.40. The molecule has 0 N–H and O–H groups in total. The molecular formula is C14H17IO. The Morgan fingerprint density at radius 1 is 1.25 bits per heavy atom. The summed E-state index contributed by atoms with van der Waals surface area (Å²) >= 11 is 2.59. The highest BCUT2D eigenvalue weighted by molar-refractivity contribution is 14.1. The van der Waals surface area contributed by atoms with Crippen LogP contribution in [0.5, 0.6) is 5.75 Å². The third kappa shape index (κ3) is 1.57. The Labute approximate surface area is 111 Å². The van der Waals surface area contributed by atoms with Crippen molar-refractivity contribution in [3.05, 3.63) is 28.8 Å². The predicted molar refractivity (Wildman–Crippen MR) is 74.7 cm³/mol. The average Bonchev–Trinajstić information content (AvgIpc) is 2.18. The second-order valence-electron chi connectivity index (χ2n) is 5.13. The van der Waals surface area contributed by atoms with Crippen molar-refractivity contribution >= 4 is 22.6 Å². The molecule has 1 aromatic rings. The number of ether oxygens (including phenoxy) is 1. The summed E-state index contributed by atoms with van der Waals surface area (Å²) in [5.74, 6) is 1.89. The summed E-state index contributed by atoms with van der Waals surface area (Å²) in [6.07, 6.45) is 4.34. The third-order valence-corrected chi connectivity index (χ3v) is 5.56. The van der Waals surface area contributed by atoms with Crippen molar-refractivity contribution < 1.29 is 4.74 Å². The molecule has 0 radical (unpaired) electrons. The smallest absolute Gasteiger partial charge is 0.123 e. The molecular weight excluding hydrogens is 311 g/mol. The molecule has 1 saturated carbocycles. The van der Waals surface area contributed by atoms with Crippen LogP contribution in [0.15, 0.2) is 12.1 Å². The van der Waals surface area contributed by atoms with Crippen LogP contribution in [0, 0.1) is 13.8 Å². The lowest BCUT2D eigenvalue weighted by molar-refractivity contribution is 0.132. The van der Waals surface area contributed by atoms with Crippen molar-refractivity contribution in [3.8, 4) is 5.75 Å². The molecule has 2 aliphatic rings. The monoisotopic (exact) mass is 328 g/mol. The minimum Gasteiger partial charge on any atom is -0.489 e. The highest BCUT2D eigenvalue weighted by Crippen LogP contribution is 2.48. The maximum atomic E-state index is 6.17. The van der Waals surface area contributed by atoms with Gasteiger partial charge in [-0.15, -0.1) is 0 Å². The molecule has 0 spiro atoms. The normalized spacial score (nSPS) is 31.8. The number of fused-ring (bicyclic) bond motifs is 4. The Hall–Kier alpha value is -0.250. The quantitative estimate of drug-likeness (QED) is 0.514. The van der Waals surface area contributed by atoms with Crippen LogP contribution < -0.4 is 4.74 Å². The van der Waals surface area contributed by atoms with Gasteiger partial charge in [0.2, 0.25) is 0 Å². The topological polar surface area (TPSA) is 9.23 Å². The lowest BCUT2D eigenvalue weighted by Crippen LogP contribution is -2.40. The van der Waals surface area contributed by atoms with E-state index in [4.69, 9.17) is 4.74 Å². The van der Waals surface area contributed by atoms with Crippen molar-refractivity contribution in [3.63, 3.8) is 0 Å². The maximum absolute atomic E-state index is 6.17. The van der Waals surface area contributed by atoms with Crippen molar-refractivity contribution in [1.82, 2.24) is 0 Å². The Balaban J connectivity index is 2.15. The van der Waals surface area contributed by atoms with Crippen LogP contribution in [0.4, 0.5) is 0 Å². The molecule has 2 bridgehead atoms. The van der Waals surface area contributed by atoms with Gasteiger partial charge < -0.3 is 4.74 Å². The van der Waals surface area contributed by atoms with Crippen LogP contribution in [0.25, 0.3) is 0 Å². The Morgan fingerprint density at radius 2 is 2.06 bits per heavy atom. The molecule has 0 amide bonds. The van der Waals surface area contributed by atoms with Gasteiger partial charge in [0, 0.05) is 11.5 Å². The molecule has 16 heavy (non-hydrogen) atoms. The van der Waals surface area contributed by atoms with Gasteiger partial charge in [0.1, 0.15) is 11.9 Å². The fourth-order valence-electron chi connectivity index (χ4n) is 3.22. The standard InChI is InChI=1S/C14H17IO/c1-8-6-9(2)13-10-4-3-5-11(14(10)15)16-12(13)7-8/h6-7,10-11,14H,3-5H2,1-2H3. The van der Waals surface area contributed by atoms with Gasteiger partial charge in [-0.1, -0.05) is 28.7 Å². The Bertz CT molecular complexity index is 427. The number of hydrogen-bond acceptors (Lipinski definition) is 1. The van der Waals surface area contributed by atoms with Gasteiger partial charge >= 0.3 is 0 Å². The maximum Gasteiger partial charge on any atom is 0.123 e.